The van der Waals surface area contributed by atoms with Gasteiger partial charge in [-0.3, -0.25) is 4.98 Å². The Bertz CT molecular complexity index is 525. The van der Waals surface area contributed by atoms with Crippen LogP contribution in [0.4, 0.5) is 0 Å². The molecule has 2 rings (SSSR count). The summed E-state index contributed by atoms with van der Waals surface area (Å²) >= 11 is 0. The van der Waals surface area contributed by atoms with Crippen molar-refractivity contribution < 1.29 is 9.47 Å². The average molecular weight is 257 g/mol. The van der Waals surface area contributed by atoms with Gasteiger partial charge >= 0.3 is 0 Å². The number of aromatic nitrogens is 1. The molecule has 19 heavy (non-hydrogen) atoms. The molecule has 0 unspecified atom stereocenters. The maximum atomic E-state index is 5.18. The Kier molecular flexibility index (Phi) is 4.30. The highest BCUT2D eigenvalue weighted by molar-refractivity contribution is 5.64. The highest BCUT2D eigenvalue weighted by atomic mass is 16.7. The molecule has 0 saturated carbocycles. The molecule has 100 valence electrons. The molecule has 0 spiro atoms. The van der Waals surface area contributed by atoms with Crippen LogP contribution < -0.4 is 0 Å². The molecule has 0 aliphatic carbocycles. The quantitative estimate of drug-likeness (QED) is 0.783. The Labute approximate surface area is 114 Å². The molecule has 0 saturated heterocycles. The fraction of sp³-hybridized carbons (Fsp3) is 0.312. The summed E-state index contributed by atoms with van der Waals surface area (Å²) in [5.41, 5.74) is 5.57. The van der Waals surface area contributed by atoms with Gasteiger partial charge < -0.3 is 9.47 Å². The number of hydrogen-bond donors (Lipinski definition) is 0. The number of ether oxygens (including phenoxy) is 2. The van der Waals surface area contributed by atoms with Crippen molar-refractivity contribution in [3.8, 4) is 11.1 Å². The Morgan fingerprint density at radius 2 is 1.53 bits per heavy atom. The average Bonchev–Trinajstić information content (AvgIpc) is 2.40. The maximum absolute atomic E-state index is 5.18. The molecular weight excluding hydrogens is 238 g/mol. The van der Waals surface area contributed by atoms with Crippen LogP contribution in [0.5, 0.6) is 0 Å². The van der Waals surface area contributed by atoms with Gasteiger partial charge in [0.05, 0.1) is 5.69 Å². The number of aryl methyl sites for hydroxylation is 2. The van der Waals surface area contributed by atoms with Crippen molar-refractivity contribution in [3.63, 3.8) is 0 Å². The van der Waals surface area contributed by atoms with Gasteiger partial charge in [-0.15, -0.1) is 0 Å². The lowest BCUT2D eigenvalue weighted by Crippen LogP contribution is -2.05. The van der Waals surface area contributed by atoms with E-state index in [2.05, 4.69) is 37.0 Å². The summed E-state index contributed by atoms with van der Waals surface area (Å²) in [5, 5.41) is 0. The molecule has 3 nitrogen and oxygen atoms in total. The van der Waals surface area contributed by atoms with Gasteiger partial charge in [0.15, 0.2) is 0 Å². The maximum Gasteiger partial charge on any atom is 0.200 e. The molecule has 0 bridgehead atoms. The number of hydrogen-bond acceptors (Lipinski definition) is 3. The van der Waals surface area contributed by atoms with Crippen LogP contribution in [-0.2, 0) is 9.47 Å². The van der Waals surface area contributed by atoms with Crippen molar-refractivity contribution in [2.24, 2.45) is 0 Å². The van der Waals surface area contributed by atoms with Crippen LogP contribution in [0.15, 0.2) is 36.5 Å². The summed E-state index contributed by atoms with van der Waals surface area (Å²) in [4.78, 5) is 4.41. The van der Waals surface area contributed by atoms with Crippen molar-refractivity contribution in [2.45, 2.75) is 20.1 Å². The molecule has 2 aromatic rings. The highest BCUT2D eigenvalue weighted by Gasteiger charge is 2.10. The van der Waals surface area contributed by atoms with Crippen LogP contribution in [0.25, 0.3) is 11.1 Å². The molecular formula is C16H19NO2. The molecule has 0 atom stereocenters. The topological polar surface area (TPSA) is 31.4 Å². The molecule has 0 aliphatic heterocycles. The van der Waals surface area contributed by atoms with Crippen LogP contribution in [-0.4, -0.2) is 19.2 Å². The summed E-state index contributed by atoms with van der Waals surface area (Å²) < 4.78 is 10.4. The first-order chi connectivity index (χ1) is 9.13. The van der Waals surface area contributed by atoms with Crippen molar-refractivity contribution in [2.75, 3.05) is 14.2 Å². The summed E-state index contributed by atoms with van der Waals surface area (Å²) in [5.74, 6) is 0. The Hall–Kier alpha value is -1.71. The molecule has 1 aromatic carbocycles. The second kappa shape index (κ2) is 5.95. The molecule has 0 amide bonds. The van der Waals surface area contributed by atoms with Gasteiger partial charge in [0, 0.05) is 26.0 Å². The third-order valence-corrected chi connectivity index (χ3v) is 3.01. The van der Waals surface area contributed by atoms with Crippen LogP contribution in [0.2, 0.25) is 0 Å². The molecule has 0 fully saturated rings. The van der Waals surface area contributed by atoms with Gasteiger partial charge in [-0.25, -0.2) is 0 Å². The molecule has 0 N–H and O–H groups in total. The normalized spacial score (nSPS) is 11.0. The third kappa shape index (κ3) is 3.19. The van der Waals surface area contributed by atoms with Crippen molar-refractivity contribution >= 4 is 0 Å². The van der Waals surface area contributed by atoms with E-state index in [1.165, 1.54) is 16.7 Å². The molecule has 3 heteroatoms. The molecule has 1 heterocycles. The first-order valence-electron chi connectivity index (χ1n) is 6.24. The fourth-order valence-corrected chi connectivity index (χ4v) is 2.19. The van der Waals surface area contributed by atoms with E-state index in [4.69, 9.17) is 9.47 Å². The van der Waals surface area contributed by atoms with Crippen molar-refractivity contribution in [1.82, 2.24) is 4.98 Å². The second-order valence-corrected chi connectivity index (χ2v) is 4.65. The minimum Gasteiger partial charge on any atom is -0.350 e. The lowest BCUT2D eigenvalue weighted by atomic mass is 10.0. The van der Waals surface area contributed by atoms with E-state index >= 15 is 0 Å². The number of methoxy groups -OCH3 is 2. The highest BCUT2D eigenvalue weighted by Crippen LogP contribution is 2.23. The summed E-state index contributed by atoms with van der Waals surface area (Å²) in [6, 6.07) is 10.5. The molecule has 0 radical (unpaired) electrons. The predicted octanol–water partition coefficient (Wildman–Crippen LogP) is 3.66. The van der Waals surface area contributed by atoms with E-state index in [-0.39, 0.29) is 0 Å². The third-order valence-electron chi connectivity index (χ3n) is 3.01. The van der Waals surface area contributed by atoms with E-state index < -0.39 is 6.29 Å². The Morgan fingerprint density at radius 3 is 2.00 bits per heavy atom. The number of rotatable bonds is 4. The number of nitrogens with zero attached hydrogens (tertiary/aromatic N) is 1. The van der Waals surface area contributed by atoms with Crippen LogP contribution in [0, 0.1) is 13.8 Å². The van der Waals surface area contributed by atoms with Crippen LogP contribution in [0.1, 0.15) is 23.1 Å². The van der Waals surface area contributed by atoms with Gasteiger partial charge in [-0.1, -0.05) is 35.4 Å². The van der Waals surface area contributed by atoms with Gasteiger partial charge in [-0.05, 0) is 25.5 Å². The Morgan fingerprint density at radius 1 is 0.895 bits per heavy atom. The zero-order valence-corrected chi connectivity index (χ0v) is 11.8. The second-order valence-electron chi connectivity index (χ2n) is 4.65. The number of pyridine rings is 1. The van der Waals surface area contributed by atoms with Crippen LogP contribution in [0.3, 0.4) is 0 Å². The van der Waals surface area contributed by atoms with E-state index in [0.29, 0.717) is 0 Å². The Balaban J connectivity index is 2.32. The van der Waals surface area contributed by atoms with Gasteiger partial charge in [0.25, 0.3) is 0 Å². The SMILES string of the molecule is COC(OC)c1ccc(-c2cc(C)cc(C)c2)cn1. The number of benzene rings is 1. The fourth-order valence-electron chi connectivity index (χ4n) is 2.19. The zero-order chi connectivity index (χ0) is 13.8. The van der Waals surface area contributed by atoms with Crippen LogP contribution >= 0.6 is 0 Å². The summed E-state index contributed by atoms with van der Waals surface area (Å²) in [7, 11) is 3.21. The van der Waals surface area contributed by atoms with E-state index in [1.807, 2.05) is 18.3 Å². The van der Waals surface area contributed by atoms with Gasteiger partial charge in [0.1, 0.15) is 0 Å². The standard InChI is InChI=1S/C16H19NO2/c1-11-7-12(2)9-14(8-11)13-5-6-15(17-10-13)16(18-3)19-4/h5-10,16H,1-4H3. The lowest BCUT2D eigenvalue weighted by Gasteiger charge is -2.13. The summed E-state index contributed by atoms with van der Waals surface area (Å²) in [6.07, 6.45) is 1.45. The van der Waals surface area contributed by atoms with E-state index in [9.17, 15) is 0 Å². The minimum absolute atomic E-state index is 0.409. The first-order valence-corrected chi connectivity index (χ1v) is 6.24. The molecule has 1 aromatic heterocycles. The van der Waals surface area contributed by atoms with Crippen molar-refractivity contribution in [1.29, 1.82) is 0 Å². The van der Waals surface area contributed by atoms with Gasteiger partial charge in [0.2, 0.25) is 6.29 Å². The minimum atomic E-state index is -0.409. The van der Waals surface area contributed by atoms with E-state index in [0.717, 1.165) is 11.3 Å². The largest absolute Gasteiger partial charge is 0.350 e. The van der Waals surface area contributed by atoms with E-state index in [1.54, 1.807) is 14.2 Å². The monoisotopic (exact) mass is 257 g/mol. The molecule has 0 aliphatic rings. The predicted molar refractivity (Wildman–Crippen MR) is 75.9 cm³/mol. The summed E-state index contributed by atoms with van der Waals surface area (Å²) in [6.45, 7) is 4.20. The zero-order valence-electron chi connectivity index (χ0n) is 11.8. The van der Waals surface area contributed by atoms with Gasteiger partial charge in [-0.2, -0.15) is 0 Å². The first kappa shape index (κ1) is 13.7. The smallest absolute Gasteiger partial charge is 0.200 e. The van der Waals surface area contributed by atoms with Crippen molar-refractivity contribution in [3.05, 3.63) is 53.3 Å². The lowest BCUT2D eigenvalue weighted by molar-refractivity contribution is -0.108.